The Bertz CT molecular complexity index is 1020. The van der Waals surface area contributed by atoms with E-state index < -0.39 is 11.7 Å². The van der Waals surface area contributed by atoms with E-state index in [2.05, 4.69) is 15.3 Å². The number of halogens is 2. The Balaban J connectivity index is 1.90. The molecule has 0 atom stereocenters. The molecule has 0 aliphatic carbocycles. The Kier molecular flexibility index (Phi) is 4.63. The van der Waals surface area contributed by atoms with Crippen molar-refractivity contribution in [1.29, 1.82) is 0 Å². The molecule has 0 spiro atoms. The van der Waals surface area contributed by atoms with E-state index in [1.165, 1.54) is 18.2 Å². The minimum atomic E-state index is -0.664. The number of H-pyrrole nitrogens is 1. The normalized spacial score (nSPS) is 10.5. The molecule has 0 unspecified atom stereocenters. The zero-order chi connectivity index (χ0) is 18.0. The van der Waals surface area contributed by atoms with Crippen LogP contribution in [0, 0.1) is 12.7 Å². The summed E-state index contributed by atoms with van der Waals surface area (Å²) >= 11 is 5.81. The molecular formula is C18H13ClFN3O2. The number of aryl methyl sites for hydroxylation is 1. The van der Waals surface area contributed by atoms with Crippen molar-refractivity contribution < 1.29 is 9.18 Å². The molecule has 0 saturated carbocycles. The molecule has 3 rings (SSSR count). The van der Waals surface area contributed by atoms with Crippen molar-refractivity contribution in [2.75, 3.05) is 5.32 Å². The molecule has 0 fully saturated rings. The topological polar surface area (TPSA) is 74.8 Å². The molecule has 1 aromatic heterocycles. The molecule has 5 nitrogen and oxygen atoms in total. The number of anilines is 1. The van der Waals surface area contributed by atoms with Crippen molar-refractivity contribution in [2.45, 2.75) is 6.92 Å². The minimum absolute atomic E-state index is 0.153. The fourth-order valence-electron chi connectivity index (χ4n) is 2.33. The molecule has 7 heteroatoms. The second-order valence-electron chi connectivity index (χ2n) is 5.39. The number of rotatable bonds is 3. The molecule has 126 valence electrons. The molecule has 2 aromatic carbocycles. The Hall–Kier alpha value is -2.99. The largest absolute Gasteiger partial charge is 0.322 e. The first-order chi connectivity index (χ1) is 11.9. The summed E-state index contributed by atoms with van der Waals surface area (Å²) in [5.74, 6) is -0.902. The van der Waals surface area contributed by atoms with Crippen molar-refractivity contribution in [1.82, 2.24) is 9.97 Å². The van der Waals surface area contributed by atoms with Crippen LogP contribution in [-0.2, 0) is 0 Å². The van der Waals surface area contributed by atoms with Gasteiger partial charge in [0.15, 0.2) is 0 Å². The third-order valence-electron chi connectivity index (χ3n) is 3.44. The zero-order valence-corrected chi connectivity index (χ0v) is 13.9. The van der Waals surface area contributed by atoms with E-state index >= 15 is 0 Å². The third-order valence-corrected chi connectivity index (χ3v) is 3.67. The molecule has 2 N–H and O–H groups in total. The van der Waals surface area contributed by atoms with Gasteiger partial charge in [0.1, 0.15) is 11.6 Å². The maximum atomic E-state index is 13.8. The van der Waals surface area contributed by atoms with Gasteiger partial charge in [-0.3, -0.25) is 9.59 Å². The number of carbonyl (C=O) groups is 1. The average Bonchev–Trinajstić information content (AvgIpc) is 2.56. The van der Waals surface area contributed by atoms with Crippen LogP contribution in [-0.4, -0.2) is 15.9 Å². The first kappa shape index (κ1) is 16.9. The average molecular weight is 358 g/mol. The Morgan fingerprint density at radius 1 is 1.20 bits per heavy atom. The van der Waals surface area contributed by atoms with Crippen LogP contribution in [0.2, 0.25) is 5.02 Å². The van der Waals surface area contributed by atoms with Crippen molar-refractivity contribution in [3.05, 3.63) is 81.0 Å². The van der Waals surface area contributed by atoms with Crippen LogP contribution >= 0.6 is 11.6 Å². The van der Waals surface area contributed by atoms with Gasteiger partial charge in [-0.05, 0) is 37.3 Å². The highest BCUT2D eigenvalue weighted by Gasteiger charge is 2.13. The van der Waals surface area contributed by atoms with Crippen molar-refractivity contribution >= 4 is 23.2 Å². The van der Waals surface area contributed by atoms with Gasteiger partial charge in [0.2, 0.25) is 0 Å². The summed E-state index contributed by atoms with van der Waals surface area (Å²) in [5, 5.41) is 2.87. The molecule has 3 aromatic rings. The zero-order valence-electron chi connectivity index (χ0n) is 13.1. The first-order valence-corrected chi connectivity index (χ1v) is 7.75. The summed E-state index contributed by atoms with van der Waals surface area (Å²) < 4.78 is 13.8. The summed E-state index contributed by atoms with van der Waals surface area (Å²) in [6.45, 7) is 1.71. The number of hydrogen-bond donors (Lipinski definition) is 2. The summed E-state index contributed by atoms with van der Waals surface area (Å²) in [5.41, 5.74) is 1.21. The van der Waals surface area contributed by atoms with E-state index in [0.717, 1.165) is 6.07 Å². The summed E-state index contributed by atoms with van der Waals surface area (Å²) in [4.78, 5) is 30.7. The second-order valence-corrected chi connectivity index (χ2v) is 5.83. The van der Waals surface area contributed by atoms with Crippen LogP contribution in [0.15, 0.2) is 53.3 Å². The van der Waals surface area contributed by atoms with Crippen LogP contribution < -0.4 is 10.9 Å². The number of aromatic amines is 1. The van der Waals surface area contributed by atoms with Crippen LogP contribution in [0.4, 0.5) is 10.1 Å². The molecule has 0 bridgehead atoms. The quantitative estimate of drug-likeness (QED) is 0.748. The smallest absolute Gasteiger partial charge is 0.258 e. The molecule has 0 saturated heterocycles. The third kappa shape index (κ3) is 3.92. The van der Waals surface area contributed by atoms with Crippen LogP contribution in [0.3, 0.4) is 0 Å². The lowest BCUT2D eigenvalue weighted by Crippen LogP contribution is -2.14. The lowest BCUT2D eigenvalue weighted by molar-refractivity contribution is 0.102. The molecule has 1 heterocycles. The molecule has 1 amide bonds. The second kappa shape index (κ2) is 6.86. The van der Waals surface area contributed by atoms with E-state index in [1.807, 2.05) is 0 Å². The predicted molar refractivity (Wildman–Crippen MR) is 94.4 cm³/mol. The van der Waals surface area contributed by atoms with Gasteiger partial charge >= 0.3 is 0 Å². The Morgan fingerprint density at radius 2 is 2.00 bits per heavy atom. The first-order valence-electron chi connectivity index (χ1n) is 7.37. The Labute approximate surface area is 147 Å². The molecule has 25 heavy (non-hydrogen) atoms. The fourth-order valence-corrected chi connectivity index (χ4v) is 2.50. The van der Waals surface area contributed by atoms with E-state index in [9.17, 15) is 14.0 Å². The van der Waals surface area contributed by atoms with E-state index in [1.54, 1.807) is 31.2 Å². The van der Waals surface area contributed by atoms with Crippen molar-refractivity contribution in [2.24, 2.45) is 0 Å². The summed E-state index contributed by atoms with van der Waals surface area (Å²) in [6.07, 6.45) is 0. The standard InChI is InChI=1S/C18H13ClFN3O2/c1-10-7-16(24)23-17(21-10)11-3-2-4-13(8-11)22-18(25)14-9-12(19)5-6-15(14)20/h2-9H,1H3,(H,22,25)(H,21,23,24). The van der Waals surface area contributed by atoms with Gasteiger partial charge in [0, 0.05) is 28.0 Å². The Morgan fingerprint density at radius 3 is 2.76 bits per heavy atom. The van der Waals surface area contributed by atoms with Crippen molar-refractivity contribution in [3.8, 4) is 11.4 Å². The van der Waals surface area contributed by atoms with E-state index in [0.29, 0.717) is 22.8 Å². The fraction of sp³-hybridized carbons (Fsp3) is 0.0556. The van der Waals surface area contributed by atoms with Crippen molar-refractivity contribution in [3.63, 3.8) is 0 Å². The lowest BCUT2D eigenvalue weighted by atomic mass is 10.1. The highest BCUT2D eigenvalue weighted by atomic mass is 35.5. The van der Waals surface area contributed by atoms with Gasteiger partial charge in [-0.15, -0.1) is 0 Å². The number of hydrogen-bond acceptors (Lipinski definition) is 3. The van der Waals surface area contributed by atoms with Gasteiger partial charge in [-0.2, -0.15) is 0 Å². The van der Waals surface area contributed by atoms with Gasteiger partial charge in [-0.1, -0.05) is 23.7 Å². The number of amides is 1. The van der Waals surface area contributed by atoms with Gasteiger partial charge in [0.25, 0.3) is 11.5 Å². The molecule has 0 radical (unpaired) electrons. The maximum Gasteiger partial charge on any atom is 0.258 e. The highest BCUT2D eigenvalue weighted by Crippen LogP contribution is 2.21. The molecule has 0 aliphatic rings. The highest BCUT2D eigenvalue weighted by molar-refractivity contribution is 6.31. The monoisotopic (exact) mass is 357 g/mol. The molecule has 0 aliphatic heterocycles. The number of aromatic nitrogens is 2. The van der Waals surface area contributed by atoms with Gasteiger partial charge in [0.05, 0.1) is 5.56 Å². The maximum absolute atomic E-state index is 13.8. The lowest BCUT2D eigenvalue weighted by Gasteiger charge is -2.08. The number of carbonyl (C=O) groups excluding carboxylic acids is 1. The predicted octanol–water partition coefficient (Wildman–Crippen LogP) is 3.79. The number of nitrogens with zero attached hydrogens (tertiary/aromatic N) is 1. The SMILES string of the molecule is Cc1cc(=O)[nH]c(-c2cccc(NC(=O)c3cc(Cl)ccc3F)c2)n1. The number of benzene rings is 2. The van der Waals surface area contributed by atoms with Crippen LogP contribution in [0.1, 0.15) is 16.1 Å². The van der Waals surface area contributed by atoms with Gasteiger partial charge in [-0.25, -0.2) is 9.37 Å². The summed E-state index contributed by atoms with van der Waals surface area (Å²) in [6, 6.07) is 11.9. The van der Waals surface area contributed by atoms with Crippen LogP contribution in [0.5, 0.6) is 0 Å². The number of nitrogens with one attached hydrogen (secondary N) is 2. The van der Waals surface area contributed by atoms with E-state index in [-0.39, 0.29) is 16.1 Å². The molecular weight excluding hydrogens is 345 g/mol. The summed E-state index contributed by atoms with van der Waals surface area (Å²) in [7, 11) is 0. The van der Waals surface area contributed by atoms with E-state index in [4.69, 9.17) is 11.6 Å². The van der Waals surface area contributed by atoms with Crippen LogP contribution in [0.25, 0.3) is 11.4 Å². The van der Waals surface area contributed by atoms with Gasteiger partial charge < -0.3 is 10.3 Å². The minimum Gasteiger partial charge on any atom is -0.322 e.